The van der Waals surface area contributed by atoms with E-state index in [4.69, 9.17) is 11.6 Å². The highest BCUT2D eigenvalue weighted by atomic mass is 35.5. The third-order valence-corrected chi connectivity index (χ3v) is 7.99. The molecule has 29 heavy (non-hydrogen) atoms. The fourth-order valence-corrected chi connectivity index (χ4v) is 6.07. The van der Waals surface area contributed by atoms with Crippen LogP contribution in [0.15, 0.2) is 29.6 Å². The molecule has 3 aliphatic rings. The molecule has 2 saturated heterocycles. The van der Waals surface area contributed by atoms with Crippen molar-refractivity contribution in [2.24, 2.45) is 0 Å². The summed E-state index contributed by atoms with van der Waals surface area (Å²) in [6, 6.07) is 8.72. The van der Waals surface area contributed by atoms with Crippen molar-refractivity contribution in [3.8, 4) is 0 Å². The van der Waals surface area contributed by atoms with Crippen LogP contribution in [-0.2, 0) is 6.54 Å². The maximum atomic E-state index is 11.4. The summed E-state index contributed by atoms with van der Waals surface area (Å²) in [4.78, 5) is 18.0. The van der Waals surface area contributed by atoms with Gasteiger partial charge in [0, 0.05) is 30.6 Å². The van der Waals surface area contributed by atoms with Crippen molar-refractivity contribution in [2.75, 3.05) is 31.5 Å². The Labute approximate surface area is 181 Å². The first kappa shape index (κ1) is 19.4. The number of carbonyl (C=O) groups is 1. The van der Waals surface area contributed by atoms with Gasteiger partial charge in [-0.05, 0) is 73.8 Å². The van der Waals surface area contributed by atoms with Crippen LogP contribution in [0.4, 0.5) is 16.2 Å². The molecule has 7 heteroatoms. The van der Waals surface area contributed by atoms with Crippen molar-refractivity contribution in [1.82, 2.24) is 15.1 Å². The summed E-state index contributed by atoms with van der Waals surface area (Å²) in [6.07, 6.45) is 4.87. The lowest BCUT2D eigenvalue weighted by atomic mass is 9.87. The fraction of sp³-hybridized carbons (Fsp3) is 0.500. The molecule has 2 amide bonds. The van der Waals surface area contributed by atoms with Crippen LogP contribution < -0.4 is 10.6 Å². The monoisotopic (exact) mass is 429 g/mol. The Morgan fingerprint density at radius 3 is 2.62 bits per heavy atom. The summed E-state index contributed by atoms with van der Waals surface area (Å²) in [5, 5.41) is 9.83. The minimum atomic E-state index is -0.250. The number of nitrogens with zero attached hydrogens (tertiary/aromatic N) is 3. The molecule has 1 radical (unpaired) electrons. The second-order valence-electron chi connectivity index (χ2n) is 8.33. The van der Waals surface area contributed by atoms with Crippen LogP contribution in [0.25, 0.3) is 0 Å². The van der Waals surface area contributed by atoms with Gasteiger partial charge in [0.05, 0.1) is 16.4 Å². The highest BCUT2D eigenvalue weighted by Gasteiger charge is 2.29. The highest BCUT2D eigenvalue weighted by molar-refractivity contribution is 7.10. The van der Waals surface area contributed by atoms with Gasteiger partial charge >= 0.3 is 6.03 Å². The molecule has 4 heterocycles. The van der Waals surface area contributed by atoms with Crippen molar-refractivity contribution in [2.45, 2.75) is 44.2 Å². The molecule has 1 aromatic carbocycles. The molecule has 2 fully saturated rings. The molecule has 153 valence electrons. The molecule has 1 aromatic heterocycles. The molecule has 0 spiro atoms. The molecule has 1 N–H and O–H groups in total. The van der Waals surface area contributed by atoms with Gasteiger partial charge in [-0.15, -0.1) is 11.3 Å². The molecular weight excluding hydrogens is 404 g/mol. The Hall–Kier alpha value is -1.60. The van der Waals surface area contributed by atoms with Gasteiger partial charge in [0.1, 0.15) is 0 Å². The number of amides is 2. The number of hydrogen-bond donors (Lipinski definition) is 1. The van der Waals surface area contributed by atoms with Crippen molar-refractivity contribution in [1.29, 1.82) is 0 Å². The minimum Gasteiger partial charge on any atom is -0.304 e. The highest BCUT2D eigenvalue weighted by Crippen LogP contribution is 2.36. The second kappa shape index (κ2) is 8.26. The Morgan fingerprint density at radius 1 is 1.10 bits per heavy atom. The lowest BCUT2D eigenvalue weighted by Crippen LogP contribution is -2.47. The van der Waals surface area contributed by atoms with E-state index < -0.39 is 0 Å². The van der Waals surface area contributed by atoms with Crippen molar-refractivity contribution >= 4 is 40.3 Å². The first-order valence-electron chi connectivity index (χ1n) is 10.5. The minimum absolute atomic E-state index is 0.250. The first-order chi connectivity index (χ1) is 14.2. The number of rotatable bonds is 4. The zero-order chi connectivity index (χ0) is 19.8. The molecule has 0 aliphatic carbocycles. The first-order valence-corrected chi connectivity index (χ1v) is 11.8. The van der Waals surface area contributed by atoms with Gasteiger partial charge in [-0.1, -0.05) is 17.7 Å². The van der Waals surface area contributed by atoms with Gasteiger partial charge in [-0.25, -0.2) is 4.79 Å². The molecule has 5 nitrogen and oxygen atoms in total. The van der Waals surface area contributed by atoms with E-state index in [2.05, 4.69) is 37.9 Å². The van der Waals surface area contributed by atoms with Gasteiger partial charge in [0.2, 0.25) is 0 Å². The van der Waals surface area contributed by atoms with Gasteiger partial charge < -0.3 is 10.2 Å². The summed E-state index contributed by atoms with van der Waals surface area (Å²) in [6.45, 7) is 5.64. The van der Waals surface area contributed by atoms with Gasteiger partial charge in [0.25, 0.3) is 0 Å². The lowest BCUT2D eigenvalue weighted by molar-refractivity contribution is 0.0850. The summed E-state index contributed by atoms with van der Waals surface area (Å²) < 4.78 is 0. The Kier molecular flexibility index (Phi) is 5.52. The Bertz CT molecular complexity index is 885. The van der Waals surface area contributed by atoms with Gasteiger partial charge in [-0.3, -0.25) is 4.90 Å². The molecule has 2 aromatic rings. The van der Waals surface area contributed by atoms with E-state index in [-0.39, 0.29) is 6.03 Å². The van der Waals surface area contributed by atoms with E-state index in [0.717, 1.165) is 49.1 Å². The predicted molar refractivity (Wildman–Crippen MR) is 118 cm³/mol. The third-order valence-electron chi connectivity index (χ3n) is 6.62. The molecule has 0 unspecified atom stereocenters. The van der Waals surface area contributed by atoms with Crippen molar-refractivity contribution in [3.05, 3.63) is 45.1 Å². The van der Waals surface area contributed by atoms with Gasteiger partial charge in [-0.2, -0.15) is 5.32 Å². The van der Waals surface area contributed by atoms with Crippen LogP contribution in [0.1, 0.15) is 42.0 Å². The maximum absolute atomic E-state index is 11.4. The molecule has 0 bridgehead atoms. The topological polar surface area (TPSA) is 49.7 Å². The average Bonchev–Trinajstić information content (AvgIpc) is 3.32. The van der Waals surface area contributed by atoms with E-state index in [0.29, 0.717) is 12.0 Å². The smallest absolute Gasteiger partial charge is 0.304 e. The molecule has 5 rings (SSSR count). The summed E-state index contributed by atoms with van der Waals surface area (Å²) in [7, 11) is 0. The summed E-state index contributed by atoms with van der Waals surface area (Å²) in [5.41, 5.74) is 2.96. The maximum Gasteiger partial charge on any atom is 0.346 e. The van der Waals surface area contributed by atoms with Crippen LogP contribution in [0.5, 0.6) is 0 Å². The Morgan fingerprint density at radius 2 is 1.90 bits per heavy atom. The van der Waals surface area contributed by atoms with Crippen LogP contribution in [0, 0.1) is 0 Å². The average molecular weight is 430 g/mol. The summed E-state index contributed by atoms with van der Waals surface area (Å²) >= 11 is 8.03. The van der Waals surface area contributed by atoms with Crippen LogP contribution in [-0.4, -0.2) is 48.1 Å². The largest absolute Gasteiger partial charge is 0.346 e. The van der Waals surface area contributed by atoms with E-state index in [1.165, 1.54) is 36.1 Å². The van der Waals surface area contributed by atoms with Crippen LogP contribution in [0.2, 0.25) is 5.02 Å². The van der Waals surface area contributed by atoms with E-state index in [9.17, 15) is 4.79 Å². The van der Waals surface area contributed by atoms with E-state index in [1.807, 2.05) is 12.1 Å². The number of carbonyl (C=O) groups excluding carboxylic acids is 1. The van der Waals surface area contributed by atoms with Crippen molar-refractivity contribution < 1.29 is 4.79 Å². The molecule has 0 saturated carbocycles. The number of nitrogens with one attached hydrogen (secondary N) is 1. The number of hydrogen-bond acceptors (Lipinski definition) is 4. The number of benzene rings is 1. The zero-order valence-corrected chi connectivity index (χ0v) is 18.0. The lowest BCUT2D eigenvalue weighted by Gasteiger charge is -2.42. The van der Waals surface area contributed by atoms with Crippen molar-refractivity contribution in [3.63, 3.8) is 0 Å². The molecule has 3 aliphatic heterocycles. The SMILES string of the molecule is O=C1[N]c2cc(C3CCN(C4CCN(Cc5sccc5Cl)CC4)CC3)ccc2N1. The number of urea groups is 1. The quantitative estimate of drug-likeness (QED) is 0.741. The number of likely N-dealkylation sites (tertiary alicyclic amines) is 2. The number of fused-ring (bicyclic) bond motifs is 1. The normalized spacial score (nSPS) is 21.8. The Balaban J connectivity index is 1.12. The standard InChI is InChI=1S/C22H26ClN4OS/c23-18-7-12-29-21(18)14-26-8-5-17(6-9-26)27-10-3-15(4-11-27)16-1-2-19-20(13-16)25-22(28)24-19/h1-2,7,12-13,15,17H,3-6,8-11,14H2,(H,24,28). The number of thiophene rings is 1. The predicted octanol–water partition coefficient (Wildman–Crippen LogP) is 5.03. The van der Waals surface area contributed by atoms with Crippen LogP contribution >= 0.6 is 22.9 Å². The fourth-order valence-electron chi connectivity index (χ4n) is 4.93. The van der Waals surface area contributed by atoms with E-state index >= 15 is 0 Å². The number of anilines is 1. The van der Waals surface area contributed by atoms with Crippen LogP contribution in [0.3, 0.4) is 0 Å². The van der Waals surface area contributed by atoms with Gasteiger partial charge in [0.15, 0.2) is 0 Å². The van der Waals surface area contributed by atoms with E-state index in [1.54, 1.807) is 11.3 Å². The summed E-state index contributed by atoms with van der Waals surface area (Å²) in [5.74, 6) is 0.573. The number of halogens is 1. The second-order valence-corrected chi connectivity index (χ2v) is 9.74. The molecular formula is C22H26ClN4OS. The molecule has 0 atom stereocenters. The number of piperidine rings is 2. The zero-order valence-electron chi connectivity index (χ0n) is 16.4. The third kappa shape index (κ3) is 4.17.